The lowest BCUT2D eigenvalue weighted by molar-refractivity contribution is 0.391. The summed E-state index contributed by atoms with van der Waals surface area (Å²) in [7, 11) is -1.16. The monoisotopic (exact) mass is 691 g/mol. The number of ether oxygens (including phenoxy) is 3. The molecule has 2 aromatic carbocycles. The molecular formula is C29H35BrFN5O5SSi. The highest BCUT2D eigenvalue weighted by atomic mass is 79.9. The van der Waals surface area contributed by atoms with Crippen molar-refractivity contribution in [2.24, 2.45) is 0 Å². The molecular weight excluding hydrogens is 657 g/mol. The molecule has 0 N–H and O–H groups in total. The maximum atomic E-state index is 14.2. The molecule has 0 atom stereocenters. The minimum Gasteiger partial charge on any atom is -0.494 e. The van der Waals surface area contributed by atoms with Crippen LogP contribution < -0.4 is 18.5 Å². The van der Waals surface area contributed by atoms with Crippen LogP contribution in [0, 0.1) is 5.82 Å². The highest BCUT2D eigenvalue weighted by molar-refractivity contribution is 9.10. The van der Waals surface area contributed by atoms with Crippen molar-refractivity contribution < 1.29 is 27.0 Å². The summed E-state index contributed by atoms with van der Waals surface area (Å²) < 4.78 is 62.3. The fourth-order valence-corrected chi connectivity index (χ4v) is 7.43. The summed E-state index contributed by atoms with van der Waals surface area (Å²) in [6.45, 7) is 6.71. The van der Waals surface area contributed by atoms with Gasteiger partial charge in [-0.2, -0.15) is 0 Å². The van der Waals surface area contributed by atoms with Gasteiger partial charge in [-0.05, 0) is 48.4 Å². The van der Waals surface area contributed by atoms with Crippen LogP contribution in [0.5, 0.6) is 17.4 Å². The molecule has 0 aliphatic heterocycles. The third-order valence-corrected chi connectivity index (χ3v) is 10.9. The highest BCUT2D eigenvalue weighted by Gasteiger charge is 2.33. The summed E-state index contributed by atoms with van der Waals surface area (Å²) in [5.74, 6) is 0.877. The highest BCUT2D eigenvalue weighted by Crippen LogP contribution is 2.39. The second kappa shape index (κ2) is 13.4. The van der Waals surface area contributed by atoms with Gasteiger partial charge in [-0.15, -0.1) is 10.2 Å². The van der Waals surface area contributed by atoms with E-state index in [9.17, 15) is 12.8 Å². The Morgan fingerprint density at radius 1 is 0.953 bits per heavy atom. The molecule has 43 heavy (non-hydrogen) atoms. The third kappa shape index (κ3) is 7.54. The van der Waals surface area contributed by atoms with E-state index >= 15 is 0 Å². The van der Waals surface area contributed by atoms with Gasteiger partial charge in [0.1, 0.15) is 28.7 Å². The Morgan fingerprint density at radius 3 is 2.23 bits per heavy atom. The molecule has 10 nitrogen and oxygen atoms in total. The number of para-hydroxylation sites is 1. The molecule has 0 unspecified atom stereocenters. The first-order valence-electron chi connectivity index (χ1n) is 13.5. The fourth-order valence-electron chi connectivity index (χ4n) is 4.39. The van der Waals surface area contributed by atoms with Gasteiger partial charge in [0.2, 0.25) is 21.9 Å². The zero-order valence-corrected chi connectivity index (χ0v) is 28.4. The minimum absolute atomic E-state index is 0.0684. The topological polar surface area (TPSA) is 109 Å². The van der Waals surface area contributed by atoms with E-state index in [2.05, 4.69) is 50.8 Å². The molecule has 0 bridgehead atoms. The van der Waals surface area contributed by atoms with Gasteiger partial charge >= 0.3 is 0 Å². The van der Waals surface area contributed by atoms with E-state index in [4.69, 9.17) is 14.2 Å². The standard InChI is InChI=1S/C29H35BrFN5O5SSi/c1-39-24-10-8-11-25(40-2)27(24)36-28(23-9-7-12-26(32-23)41-3)33-34-29(36)35(16-18-43(4,5)6)42(37,38)17-15-20-13-14-21(31)19-22(20)30/h7-14,19H,15-18H2,1-6H3. The number of methoxy groups -OCH3 is 3. The van der Waals surface area contributed by atoms with E-state index in [0.717, 1.165) is 0 Å². The normalized spacial score (nSPS) is 11.8. The maximum absolute atomic E-state index is 14.2. The van der Waals surface area contributed by atoms with Crippen LogP contribution in [0.15, 0.2) is 59.1 Å². The van der Waals surface area contributed by atoms with Crippen molar-refractivity contribution in [2.75, 3.05) is 37.9 Å². The number of hydrogen-bond donors (Lipinski definition) is 0. The largest absolute Gasteiger partial charge is 0.494 e. The first kappa shape index (κ1) is 32.4. The molecule has 0 aliphatic rings. The number of nitrogens with zero attached hydrogens (tertiary/aromatic N) is 5. The molecule has 4 aromatic rings. The van der Waals surface area contributed by atoms with E-state index in [1.54, 1.807) is 47.0 Å². The molecule has 0 saturated heterocycles. The predicted molar refractivity (Wildman–Crippen MR) is 171 cm³/mol. The van der Waals surface area contributed by atoms with Gasteiger partial charge in [0.15, 0.2) is 5.82 Å². The molecule has 0 spiro atoms. The van der Waals surface area contributed by atoms with Crippen molar-refractivity contribution in [3.8, 4) is 34.6 Å². The quantitative estimate of drug-likeness (QED) is 0.158. The Labute approximate surface area is 261 Å². The number of rotatable bonds is 13. The molecule has 14 heteroatoms. The molecule has 0 aliphatic carbocycles. The van der Waals surface area contributed by atoms with Crippen molar-refractivity contribution in [1.29, 1.82) is 0 Å². The van der Waals surface area contributed by atoms with Crippen LogP contribution in [-0.4, -0.2) is 69.9 Å². The number of halogens is 2. The van der Waals surface area contributed by atoms with Crippen LogP contribution in [0.4, 0.5) is 10.3 Å². The van der Waals surface area contributed by atoms with Crippen molar-refractivity contribution in [3.05, 3.63) is 70.5 Å². The van der Waals surface area contributed by atoms with Gasteiger partial charge in [0.25, 0.3) is 0 Å². The van der Waals surface area contributed by atoms with Gasteiger partial charge in [-0.1, -0.05) is 53.8 Å². The zero-order valence-electron chi connectivity index (χ0n) is 25.0. The van der Waals surface area contributed by atoms with Crippen LogP contribution in [0.25, 0.3) is 17.2 Å². The van der Waals surface area contributed by atoms with E-state index in [-0.39, 0.29) is 30.5 Å². The zero-order chi connectivity index (χ0) is 31.4. The number of pyridine rings is 1. The van der Waals surface area contributed by atoms with Crippen LogP contribution in [0.2, 0.25) is 25.7 Å². The lowest BCUT2D eigenvalue weighted by Crippen LogP contribution is -2.39. The first-order valence-corrected chi connectivity index (χ1v) is 19.6. The van der Waals surface area contributed by atoms with E-state index in [1.807, 2.05) is 0 Å². The Kier molecular flexibility index (Phi) is 10.1. The van der Waals surface area contributed by atoms with E-state index < -0.39 is 23.9 Å². The summed E-state index contributed by atoms with van der Waals surface area (Å²) in [5.41, 5.74) is 1.50. The second-order valence-corrected chi connectivity index (χ2v) is 19.4. The smallest absolute Gasteiger partial charge is 0.246 e. The SMILES string of the molecule is COc1cccc(-c2nnc(N(CC[Si](C)(C)C)S(=O)(=O)CCc3ccc(F)cc3Br)n2-c2c(OC)cccc2OC)n1. The number of aromatic nitrogens is 4. The summed E-state index contributed by atoms with van der Waals surface area (Å²) in [4.78, 5) is 4.55. The van der Waals surface area contributed by atoms with Crippen LogP contribution in [0.3, 0.4) is 0 Å². The minimum atomic E-state index is -3.98. The van der Waals surface area contributed by atoms with Crippen molar-refractivity contribution in [1.82, 2.24) is 19.7 Å². The number of sulfonamides is 1. The Hall–Kier alpha value is -3.49. The van der Waals surface area contributed by atoms with Gasteiger partial charge in [-0.3, -0.25) is 4.57 Å². The Bertz CT molecular complexity index is 1670. The van der Waals surface area contributed by atoms with Crippen LogP contribution in [-0.2, 0) is 16.4 Å². The molecule has 0 saturated carbocycles. The van der Waals surface area contributed by atoms with E-state index in [1.165, 1.54) is 37.8 Å². The van der Waals surface area contributed by atoms with Gasteiger partial charge in [-0.25, -0.2) is 22.1 Å². The Balaban J connectivity index is 1.93. The maximum Gasteiger partial charge on any atom is 0.246 e. The second-order valence-electron chi connectivity index (χ2n) is 10.9. The average molecular weight is 693 g/mol. The molecule has 0 fully saturated rings. The van der Waals surface area contributed by atoms with Gasteiger partial charge in [0.05, 0.1) is 27.1 Å². The Morgan fingerprint density at radius 2 is 1.63 bits per heavy atom. The molecule has 2 aromatic heterocycles. The summed E-state index contributed by atoms with van der Waals surface area (Å²) in [6.07, 6.45) is 0.156. The van der Waals surface area contributed by atoms with Gasteiger partial charge in [0, 0.05) is 25.2 Å². The molecule has 230 valence electrons. The lowest BCUT2D eigenvalue weighted by Gasteiger charge is -2.27. The van der Waals surface area contributed by atoms with Crippen LogP contribution >= 0.6 is 15.9 Å². The van der Waals surface area contributed by atoms with Gasteiger partial charge < -0.3 is 14.2 Å². The lowest BCUT2D eigenvalue weighted by atomic mass is 10.2. The number of anilines is 1. The third-order valence-electron chi connectivity index (χ3n) is 6.70. The van der Waals surface area contributed by atoms with Crippen molar-refractivity contribution >= 4 is 40.0 Å². The summed E-state index contributed by atoms with van der Waals surface area (Å²) in [6, 6.07) is 15.3. The van der Waals surface area contributed by atoms with Crippen molar-refractivity contribution in [3.63, 3.8) is 0 Å². The van der Waals surface area contributed by atoms with E-state index in [0.29, 0.717) is 44.8 Å². The molecule has 0 radical (unpaired) electrons. The number of benzene rings is 2. The summed E-state index contributed by atoms with van der Waals surface area (Å²) in [5, 5.41) is 8.90. The average Bonchev–Trinajstić information content (AvgIpc) is 3.39. The fraction of sp³-hybridized carbons (Fsp3) is 0.345. The number of hydrogen-bond acceptors (Lipinski definition) is 8. The predicted octanol–water partition coefficient (Wildman–Crippen LogP) is 5.97. The first-order chi connectivity index (χ1) is 20.4. The molecule has 0 amide bonds. The molecule has 2 heterocycles. The molecule has 4 rings (SSSR count). The summed E-state index contributed by atoms with van der Waals surface area (Å²) >= 11 is 3.35. The van der Waals surface area contributed by atoms with Crippen LogP contribution in [0.1, 0.15) is 5.56 Å². The number of aryl methyl sites for hydroxylation is 1. The van der Waals surface area contributed by atoms with Crippen molar-refractivity contribution in [2.45, 2.75) is 32.1 Å².